The van der Waals surface area contributed by atoms with Crippen LogP contribution in [0.3, 0.4) is 0 Å². The van der Waals surface area contributed by atoms with Gasteiger partial charge in [-0.25, -0.2) is 0 Å². The molecule has 2 rings (SSSR count). The molecule has 1 heterocycles. The smallest absolute Gasteiger partial charge is 0.0600 e. The highest BCUT2D eigenvalue weighted by atomic mass is 15.1. The number of unbranched alkanes of at least 4 members (excludes halogenated alkanes) is 1. The molecule has 118 valence electrons. The predicted molar refractivity (Wildman–Crippen MR) is 93.0 cm³/mol. The summed E-state index contributed by atoms with van der Waals surface area (Å²) in [6.07, 6.45) is 7.51. The Bertz CT molecular complexity index is 424. The molecule has 1 saturated heterocycles. The third kappa shape index (κ3) is 4.92. The maximum atomic E-state index is 6.25. The van der Waals surface area contributed by atoms with Gasteiger partial charge in [0.05, 0.1) is 11.4 Å². The Morgan fingerprint density at radius 3 is 2.52 bits per heavy atom. The van der Waals surface area contributed by atoms with Crippen molar-refractivity contribution >= 4 is 11.4 Å². The van der Waals surface area contributed by atoms with Gasteiger partial charge in [-0.15, -0.1) is 0 Å². The highest BCUT2D eigenvalue weighted by molar-refractivity contribution is 5.68. The lowest BCUT2D eigenvalue weighted by atomic mass is 10.1. The van der Waals surface area contributed by atoms with E-state index in [4.69, 9.17) is 5.73 Å². The number of nitrogens with two attached hydrogens (primary N) is 1. The summed E-state index contributed by atoms with van der Waals surface area (Å²) in [6.45, 7) is 6.95. The van der Waals surface area contributed by atoms with Crippen molar-refractivity contribution in [3.8, 4) is 0 Å². The first-order valence-electron chi connectivity index (χ1n) is 8.52. The molecule has 0 amide bonds. The first-order valence-corrected chi connectivity index (χ1v) is 8.52. The quantitative estimate of drug-likeness (QED) is 0.743. The molecule has 0 spiro atoms. The molecule has 21 heavy (non-hydrogen) atoms. The number of rotatable bonds is 8. The number of hydrogen-bond donors (Lipinski definition) is 1. The van der Waals surface area contributed by atoms with Gasteiger partial charge in [-0.05, 0) is 69.9 Å². The van der Waals surface area contributed by atoms with Gasteiger partial charge in [0.15, 0.2) is 0 Å². The van der Waals surface area contributed by atoms with Gasteiger partial charge < -0.3 is 15.5 Å². The van der Waals surface area contributed by atoms with Crippen LogP contribution in [0.25, 0.3) is 0 Å². The monoisotopic (exact) mass is 289 g/mol. The third-order valence-electron chi connectivity index (χ3n) is 4.44. The van der Waals surface area contributed by atoms with E-state index in [9.17, 15) is 0 Å². The van der Waals surface area contributed by atoms with Crippen molar-refractivity contribution < 1.29 is 0 Å². The Labute approximate surface area is 130 Å². The van der Waals surface area contributed by atoms with Crippen LogP contribution in [0.1, 0.15) is 44.6 Å². The molecule has 0 bridgehead atoms. The molecule has 2 N–H and O–H groups in total. The molecule has 0 unspecified atom stereocenters. The molecule has 1 aromatic rings. The number of nitrogens with zero attached hydrogens (tertiary/aromatic N) is 2. The van der Waals surface area contributed by atoms with Crippen molar-refractivity contribution in [1.29, 1.82) is 0 Å². The molecular weight excluding hydrogens is 258 g/mol. The minimum Gasteiger partial charge on any atom is -0.397 e. The van der Waals surface area contributed by atoms with E-state index in [2.05, 4.69) is 42.0 Å². The fourth-order valence-corrected chi connectivity index (χ4v) is 3.10. The summed E-state index contributed by atoms with van der Waals surface area (Å²) in [5.74, 6) is 0. The second-order valence-electron chi connectivity index (χ2n) is 6.35. The zero-order valence-electron chi connectivity index (χ0n) is 13.8. The van der Waals surface area contributed by atoms with Crippen LogP contribution in [0.4, 0.5) is 11.4 Å². The lowest BCUT2D eigenvalue weighted by molar-refractivity contribution is 0.324. The van der Waals surface area contributed by atoms with Gasteiger partial charge in [-0.2, -0.15) is 0 Å². The Morgan fingerprint density at radius 2 is 1.86 bits per heavy atom. The molecular formula is C18H31N3. The van der Waals surface area contributed by atoms with Crippen LogP contribution in [-0.2, 0) is 6.42 Å². The Morgan fingerprint density at radius 1 is 1.14 bits per heavy atom. The molecule has 0 radical (unpaired) electrons. The van der Waals surface area contributed by atoms with Crippen molar-refractivity contribution in [2.24, 2.45) is 0 Å². The zero-order valence-corrected chi connectivity index (χ0v) is 13.8. The van der Waals surface area contributed by atoms with E-state index in [-0.39, 0.29) is 0 Å². The molecule has 0 atom stereocenters. The van der Waals surface area contributed by atoms with Gasteiger partial charge in [0.25, 0.3) is 0 Å². The first-order chi connectivity index (χ1) is 10.2. The number of hydrogen-bond acceptors (Lipinski definition) is 3. The van der Waals surface area contributed by atoms with Gasteiger partial charge in [0.1, 0.15) is 0 Å². The molecule has 3 heteroatoms. The number of anilines is 2. The predicted octanol–water partition coefficient (Wildman–Crippen LogP) is 3.53. The second kappa shape index (κ2) is 8.28. The Kier molecular flexibility index (Phi) is 6.37. The van der Waals surface area contributed by atoms with Gasteiger partial charge >= 0.3 is 0 Å². The largest absolute Gasteiger partial charge is 0.397 e. The average molecular weight is 289 g/mol. The topological polar surface area (TPSA) is 32.5 Å². The van der Waals surface area contributed by atoms with Gasteiger partial charge in [-0.3, -0.25) is 0 Å². The van der Waals surface area contributed by atoms with Crippen LogP contribution >= 0.6 is 0 Å². The second-order valence-corrected chi connectivity index (χ2v) is 6.35. The SMILES string of the molecule is CCCCN(C)CCCc1ccc(N2CCCC2)c(N)c1. The summed E-state index contributed by atoms with van der Waals surface area (Å²) >= 11 is 0. The van der Waals surface area contributed by atoms with Crippen molar-refractivity contribution in [2.75, 3.05) is 43.9 Å². The van der Waals surface area contributed by atoms with Crippen molar-refractivity contribution in [2.45, 2.75) is 45.4 Å². The normalized spacial score (nSPS) is 15.1. The minimum absolute atomic E-state index is 0.953. The number of nitrogen functional groups attached to an aromatic ring is 1. The van der Waals surface area contributed by atoms with Gasteiger partial charge in [0.2, 0.25) is 0 Å². The average Bonchev–Trinajstić information content (AvgIpc) is 2.99. The van der Waals surface area contributed by atoms with E-state index < -0.39 is 0 Å². The standard InChI is InChI=1S/C18H31N3/c1-3-4-11-20(2)12-7-8-16-9-10-18(17(19)15-16)21-13-5-6-14-21/h9-10,15H,3-8,11-14,19H2,1-2H3. The van der Waals surface area contributed by atoms with Crippen molar-refractivity contribution in [3.05, 3.63) is 23.8 Å². The van der Waals surface area contributed by atoms with E-state index in [1.165, 1.54) is 56.4 Å². The summed E-state index contributed by atoms with van der Waals surface area (Å²) < 4.78 is 0. The maximum Gasteiger partial charge on any atom is 0.0600 e. The van der Waals surface area contributed by atoms with Crippen LogP contribution in [0.2, 0.25) is 0 Å². The summed E-state index contributed by atoms with van der Waals surface area (Å²) in [7, 11) is 2.22. The molecule has 0 aliphatic carbocycles. The molecule has 1 aromatic carbocycles. The Balaban J connectivity index is 1.80. The van der Waals surface area contributed by atoms with E-state index in [0.717, 1.165) is 25.2 Å². The number of benzene rings is 1. The minimum atomic E-state index is 0.953. The van der Waals surface area contributed by atoms with Crippen LogP contribution in [0.15, 0.2) is 18.2 Å². The maximum absolute atomic E-state index is 6.25. The molecule has 1 fully saturated rings. The Hall–Kier alpha value is -1.22. The lowest BCUT2D eigenvalue weighted by Crippen LogP contribution is -2.21. The summed E-state index contributed by atoms with van der Waals surface area (Å²) in [5, 5.41) is 0. The summed E-state index contributed by atoms with van der Waals surface area (Å²) in [5.41, 5.74) is 9.81. The third-order valence-corrected chi connectivity index (χ3v) is 4.44. The van der Waals surface area contributed by atoms with Crippen LogP contribution in [0, 0.1) is 0 Å². The molecule has 3 nitrogen and oxygen atoms in total. The van der Waals surface area contributed by atoms with Gasteiger partial charge in [-0.1, -0.05) is 19.4 Å². The highest BCUT2D eigenvalue weighted by Gasteiger charge is 2.14. The molecule has 0 saturated carbocycles. The van der Waals surface area contributed by atoms with E-state index in [0.29, 0.717) is 0 Å². The van der Waals surface area contributed by atoms with Crippen molar-refractivity contribution in [1.82, 2.24) is 4.90 Å². The van der Waals surface area contributed by atoms with E-state index >= 15 is 0 Å². The van der Waals surface area contributed by atoms with E-state index in [1.807, 2.05) is 0 Å². The molecule has 1 aliphatic heterocycles. The highest BCUT2D eigenvalue weighted by Crippen LogP contribution is 2.27. The summed E-state index contributed by atoms with van der Waals surface area (Å²) in [4.78, 5) is 4.85. The molecule has 0 aromatic heterocycles. The molecule has 1 aliphatic rings. The summed E-state index contributed by atoms with van der Waals surface area (Å²) in [6, 6.07) is 6.66. The van der Waals surface area contributed by atoms with Crippen LogP contribution in [0.5, 0.6) is 0 Å². The van der Waals surface area contributed by atoms with Crippen molar-refractivity contribution in [3.63, 3.8) is 0 Å². The van der Waals surface area contributed by atoms with E-state index in [1.54, 1.807) is 0 Å². The fraction of sp³-hybridized carbons (Fsp3) is 0.667. The van der Waals surface area contributed by atoms with Crippen LogP contribution in [-0.4, -0.2) is 38.1 Å². The first kappa shape index (κ1) is 16.2. The zero-order chi connectivity index (χ0) is 15.1. The fourth-order valence-electron chi connectivity index (χ4n) is 3.10. The lowest BCUT2D eigenvalue weighted by Gasteiger charge is -2.20. The number of aryl methyl sites for hydroxylation is 1. The van der Waals surface area contributed by atoms with Gasteiger partial charge in [0, 0.05) is 13.1 Å². The van der Waals surface area contributed by atoms with Crippen LogP contribution < -0.4 is 10.6 Å².